The lowest BCUT2D eigenvalue weighted by Crippen LogP contribution is -2.47. The Labute approximate surface area is 126 Å². The van der Waals surface area contributed by atoms with Gasteiger partial charge in [0.05, 0.1) is 6.04 Å². The van der Waals surface area contributed by atoms with Crippen molar-refractivity contribution in [2.24, 2.45) is 0 Å². The Morgan fingerprint density at radius 1 is 1.40 bits per heavy atom. The number of carboxylic acid groups (broad SMARTS) is 1. The van der Waals surface area contributed by atoms with E-state index in [1.807, 2.05) is 19.1 Å². The van der Waals surface area contributed by atoms with Crippen LogP contribution in [0.25, 0.3) is 0 Å². The van der Waals surface area contributed by atoms with Crippen LogP contribution in [-0.4, -0.2) is 29.1 Å². The molecule has 110 valence electrons. The maximum atomic E-state index is 12.0. The van der Waals surface area contributed by atoms with Gasteiger partial charge in [0, 0.05) is 10.2 Å². The van der Waals surface area contributed by atoms with Crippen molar-refractivity contribution in [2.75, 3.05) is 5.32 Å². The Morgan fingerprint density at radius 3 is 2.65 bits per heavy atom. The maximum absolute atomic E-state index is 12.0. The third-order valence-electron chi connectivity index (χ3n) is 2.81. The number of halogens is 1. The molecule has 0 radical (unpaired) electrons. The van der Waals surface area contributed by atoms with Crippen molar-refractivity contribution in [3.05, 3.63) is 28.7 Å². The number of nitrogens with one attached hydrogen (secondary N) is 2. The molecule has 0 fully saturated rings. The second-order valence-corrected chi connectivity index (χ2v) is 5.48. The summed E-state index contributed by atoms with van der Waals surface area (Å²) in [6.07, 6.45) is 1.23. The molecule has 2 unspecified atom stereocenters. The summed E-state index contributed by atoms with van der Waals surface area (Å²) in [6, 6.07) is 5.94. The van der Waals surface area contributed by atoms with Crippen molar-refractivity contribution in [3.63, 3.8) is 0 Å². The monoisotopic (exact) mass is 342 g/mol. The van der Waals surface area contributed by atoms with Gasteiger partial charge < -0.3 is 10.4 Å². The molecule has 5 nitrogen and oxygen atoms in total. The fourth-order valence-electron chi connectivity index (χ4n) is 1.76. The molecule has 0 spiro atoms. The summed E-state index contributed by atoms with van der Waals surface area (Å²) in [4.78, 5) is 23.1. The number of aliphatic carboxylic acids is 1. The molecule has 0 aliphatic carbocycles. The van der Waals surface area contributed by atoms with Gasteiger partial charge in [-0.15, -0.1) is 0 Å². The average Bonchev–Trinajstić information content (AvgIpc) is 2.37. The zero-order valence-corrected chi connectivity index (χ0v) is 13.1. The Morgan fingerprint density at radius 2 is 2.10 bits per heavy atom. The van der Waals surface area contributed by atoms with Crippen LogP contribution in [-0.2, 0) is 9.59 Å². The van der Waals surface area contributed by atoms with Gasteiger partial charge in [-0.3, -0.25) is 14.9 Å². The SMILES string of the molecule is CCCC(NC(C)C(=O)Nc1cccc(Br)c1)C(=O)O. The molecule has 0 aliphatic rings. The van der Waals surface area contributed by atoms with Crippen LogP contribution in [0, 0.1) is 0 Å². The third kappa shape index (κ3) is 5.30. The van der Waals surface area contributed by atoms with Crippen LogP contribution >= 0.6 is 15.9 Å². The van der Waals surface area contributed by atoms with Crippen molar-refractivity contribution in [1.82, 2.24) is 5.32 Å². The molecule has 1 aromatic carbocycles. The molecular weight excluding hydrogens is 324 g/mol. The predicted octanol–water partition coefficient (Wildman–Crippen LogP) is 2.62. The standard InChI is InChI=1S/C14H19BrN2O3/c1-3-5-12(14(19)20)16-9(2)13(18)17-11-7-4-6-10(15)8-11/h4,6-9,12,16H,3,5H2,1-2H3,(H,17,18)(H,19,20). The van der Waals surface area contributed by atoms with E-state index in [9.17, 15) is 9.59 Å². The van der Waals surface area contributed by atoms with E-state index in [1.165, 1.54) is 0 Å². The summed E-state index contributed by atoms with van der Waals surface area (Å²) in [5.41, 5.74) is 0.667. The highest BCUT2D eigenvalue weighted by molar-refractivity contribution is 9.10. The zero-order chi connectivity index (χ0) is 15.1. The topological polar surface area (TPSA) is 78.4 Å². The van der Waals surface area contributed by atoms with E-state index in [-0.39, 0.29) is 5.91 Å². The fourth-order valence-corrected chi connectivity index (χ4v) is 2.16. The van der Waals surface area contributed by atoms with Gasteiger partial charge in [0.25, 0.3) is 0 Å². The molecular formula is C14H19BrN2O3. The molecule has 0 heterocycles. The van der Waals surface area contributed by atoms with E-state index >= 15 is 0 Å². The van der Waals surface area contributed by atoms with E-state index in [4.69, 9.17) is 5.11 Å². The van der Waals surface area contributed by atoms with Crippen LogP contribution < -0.4 is 10.6 Å². The minimum absolute atomic E-state index is 0.259. The van der Waals surface area contributed by atoms with Crippen molar-refractivity contribution < 1.29 is 14.7 Å². The minimum atomic E-state index is -0.936. The first-order valence-electron chi connectivity index (χ1n) is 6.49. The molecule has 1 rings (SSSR count). The minimum Gasteiger partial charge on any atom is -0.480 e. The number of anilines is 1. The highest BCUT2D eigenvalue weighted by Crippen LogP contribution is 2.15. The number of rotatable bonds is 7. The Hall–Kier alpha value is -1.40. The second-order valence-electron chi connectivity index (χ2n) is 4.57. The van der Waals surface area contributed by atoms with E-state index in [0.29, 0.717) is 12.1 Å². The summed E-state index contributed by atoms with van der Waals surface area (Å²) in [7, 11) is 0. The second kappa shape index (κ2) is 8.01. The van der Waals surface area contributed by atoms with Gasteiger partial charge in [-0.05, 0) is 31.5 Å². The van der Waals surface area contributed by atoms with Gasteiger partial charge in [-0.1, -0.05) is 35.3 Å². The molecule has 0 bridgehead atoms. The first-order valence-corrected chi connectivity index (χ1v) is 7.28. The molecule has 0 saturated heterocycles. The summed E-state index contributed by atoms with van der Waals surface area (Å²) in [6.45, 7) is 3.56. The van der Waals surface area contributed by atoms with E-state index in [1.54, 1.807) is 19.1 Å². The Kier molecular flexibility index (Phi) is 6.67. The predicted molar refractivity (Wildman–Crippen MR) is 81.7 cm³/mol. The lowest BCUT2D eigenvalue weighted by atomic mass is 10.1. The van der Waals surface area contributed by atoms with Crippen molar-refractivity contribution >= 4 is 33.5 Å². The molecule has 0 aromatic heterocycles. The summed E-state index contributed by atoms with van der Waals surface area (Å²) in [5.74, 6) is -1.19. The highest BCUT2D eigenvalue weighted by atomic mass is 79.9. The van der Waals surface area contributed by atoms with Crippen molar-refractivity contribution in [2.45, 2.75) is 38.8 Å². The van der Waals surface area contributed by atoms with Gasteiger partial charge in [0.1, 0.15) is 6.04 Å². The smallest absolute Gasteiger partial charge is 0.320 e. The zero-order valence-electron chi connectivity index (χ0n) is 11.5. The van der Waals surface area contributed by atoms with E-state index < -0.39 is 18.1 Å². The molecule has 1 amide bonds. The van der Waals surface area contributed by atoms with E-state index in [2.05, 4.69) is 26.6 Å². The Bertz CT molecular complexity index is 479. The van der Waals surface area contributed by atoms with Crippen LogP contribution in [0.4, 0.5) is 5.69 Å². The number of carbonyl (C=O) groups excluding carboxylic acids is 1. The number of carbonyl (C=O) groups is 2. The quantitative estimate of drug-likeness (QED) is 0.711. The van der Waals surface area contributed by atoms with Crippen LogP contribution in [0.3, 0.4) is 0 Å². The molecule has 6 heteroatoms. The lowest BCUT2D eigenvalue weighted by molar-refractivity contribution is -0.140. The summed E-state index contributed by atoms with van der Waals surface area (Å²) in [5, 5.41) is 14.6. The Balaban J connectivity index is 2.60. The average molecular weight is 343 g/mol. The first-order chi connectivity index (χ1) is 9.43. The fraction of sp³-hybridized carbons (Fsp3) is 0.429. The molecule has 0 aliphatic heterocycles. The van der Waals surface area contributed by atoms with Crippen LogP contribution in [0.5, 0.6) is 0 Å². The van der Waals surface area contributed by atoms with Crippen LogP contribution in [0.2, 0.25) is 0 Å². The van der Waals surface area contributed by atoms with Crippen LogP contribution in [0.1, 0.15) is 26.7 Å². The number of benzene rings is 1. The van der Waals surface area contributed by atoms with Gasteiger partial charge >= 0.3 is 5.97 Å². The lowest BCUT2D eigenvalue weighted by Gasteiger charge is -2.19. The van der Waals surface area contributed by atoms with Crippen molar-refractivity contribution in [3.8, 4) is 0 Å². The molecule has 2 atom stereocenters. The molecule has 0 saturated carbocycles. The normalized spacial score (nSPS) is 13.6. The highest BCUT2D eigenvalue weighted by Gasteiger charge is 2.22. The largest absolute Gasteiger partial charge is 0.480 e. The van der Waals surface area contributed by atoms with Gasteiger partial charge in [0.15, 0.2) is 0 Å². The van der Waals surface area contributed by atoms with Gasteiger partial charge in [-0.2, -0.15) is 0 Å². The summed E-state index contributed by atoms with van der Waals surface area (Å²) < 4.78 is 0.866. The van der Waals surface area contributed by atoms with Gasteiger partial charge in [-0.25, -0.2) is 0 Å². The number of amides is 1. The summed E-state index contributed by atoms with van der Waals surface area (Å²) >= 11 is 3.32. The van der Waals surface area contributed by atoms with E-state index in [0.717, 1.165) is 10.9 Å². The third-order valence-corrected chi connectivity index (χ3v) is 3.31. The molecule has 3 N–H and O–H groups in total. The van der Waals surface area contributed by atoms with Crippen LogP contribution in [0.15, 0.2) is 28.7 Å². The molecule has 20 heavy (non-hydrogen) atoms. The van der Waals surface area contributed by atoms with Crippen molar-refractivity contribution in [1.29, 1.82) is 0 Å². The molecule has 1 aromatic rings. The number of hydrogen-bond acceptors (Lipinski definition) is 3. The number of hydrogen-bond donors (Lipinski definition) is 3. The number of carboxylic acids is 1. The first kappa shape index (κ1) is 16.7. The van der Waals surface area contributed by atoms with Gasteiger partial charge in [0.2, 0.25) is 5.91 Å². The maximum Gasteiger partial charge on any atom is 0.320 e.